The highest BCUT2D eigenvalue weighted by Crippen LogP contribution is 2.26. The Kier molecular flexibility index (Phi) is 4.66. The van der Waals surface area contributed by atoms with E-state index >= 15 is 0 Å². The van der Waals surface area contributed by atoms with Gasteiger partial charge in [0.2, 0.25) is 0 Å². The van der Waals surface area contributed by atoms with Crippen LogP contribution < -0.4 is 10.5 Å². The maximum atomic E-state index is 12.0. The van der Waals surface area contributed by atoms with Crippen molar-refractivity contribution in [1.29, 1.82) is 0 Å². The van der Waals surface area contributed by atoms with Gasteiger partial charge in [-0.15, -0.1) is 0 Å². The van der Waals surface area contributed by atoms with Crippen molar-refractivity contribution in [3.63, 3.8) is 0 Å². The molecule has 0 atom stereocenters. The number of anilines is 1. The topological polar surface area (TPSA) is 61.5 Å². The second kappa shape index (κ2) is 6.45. The standard InChI is InChI=1S/C15H21NO3/c1-2-9-18-14-10-11(7-8-13(14)16)15(17)19-12-5-3-4-6-12/h7-8,10,12H,2-6,9,16H2,1H3. The van der Waals surface area contributed by atoms with Crippen molar-refractivity contribution in [2.75, 3.05) is 12.3 Å². The second-order valence-corrected chi connectivity index (χ2v) is 4.91. The minimum Gasteiger partial charge on any atom is -0.491 e. The van der Waals surface area contributed by atoms with Crippen LogP contribution in [0.4, 0.5) is 5.69 Å². The van der Waals surface area contributed by atoms with E-state index in [1.165, 1.54) is 0 Å². The molecular weight excluding hydrogens is 242 g/mol. The van der Waals surface area contributed by atoms with Crippen LogP contribution in [0.2, 0.25) is 0 Å². The first-order valence-electron chi connectivity index (χ1n) is 6.94. The molecule has 0 aliphatic heterocycles. The predicted octanol–water partition coefficient (Wildman–Crippen LogP) is 3.16. The molecule has 0 amide bonds. The summed E-state index contributed by atoms with van der Waals surface area (Å²) in [6.07, 6.45) is 5.20. The van der Waals surface area contributed by atoms with Crippen molar-refractivity contribution in [1.82, 2.24) is 0 Å². The molecule has 0 spiro atoms. The number of esters is 1. The van der Waals surface area contributed by atoms with Crippen molar-refractivity contribution in [2.45, 2.75) is 45.1 Å². The summed E-state index contributed by atoms with van der Waals surface area (Å²) in [5.74, 6) is 0.274. The number of nitrogens with two attached hydrogens (primary N) is 1. The van der Waals surface area contributed by atoms with Crippen LogP contribution >= 0.6 is 0 Å². The quantitative estimate of drug-likeness (QED) is 0.654. The van der Waals surface area contributed by atoms with E-state index < -0.39 is 0 Å². The van der Waals surface area contributed by atoms with Crippen molar-refractivity contribution in [3.05, 3.63) is 23.8 Å². The predicted molar refractivity (Wildman–Crippen MR) is 74.3 cm³/mol. The van der Waals surface area contributed by atoms with Gasteiger partial charge in [-0.3, -0.25) is 0 Å². The van der Waals surface area contributed by atoms with Crippen molar-refractivity contribution < 1.29 is 14.3 Å². The average molecular weight is 263 g/mol. The zero-order valence-electron chi connectivity index (χ0n) is 11.4. The molecule has 0 unspecified atom stereocenters. The van der Waals surface area contributed by atoms with Gasteiger partial charge in [0.25, 0.3) is 0 Å². The summed E-state index contributed by atoms with van der Waals surface area (Å²) in [6, 6.07) is 5.05. The van der Waals surface area contributed by atoms with Crippen LogP contribution in [0.5, 0.6) is 5.75 Å². The second-order valence-electron chi connectivity index (χ2n) is 4.91. The van der Waals surface area contributed by atoms with Crippen LogP contribution in [0.25, 0.3) is 0 Å². The van der Waals surface area contributed by atoms with Gasteiger partial charge in [-0.05, 0) is 50.3 Å². The molecular formula is C15H21NO3. The van der Waals surface area contributed by atoms with E-state index in [1.807, 2.05) is 6.92 Å². The van der Waals surface area contributed by atoms with Crippen LogP contribution in [-0.4, -0.2) is 18.7 Å². The number of carbonyl (C=O) groups is 1. The molecule has 4 heteroatoms. The van der Waals surface area contributed by atoms with E-state index in [0.29, 0.717) is 23.6 Å². The van der Waals surface area contributed by atoms with Crippen LogP contribution in [0.1, 0.15) is 49.4 Å². The normalized spacial score (nSPS) is 15.4. The van der Waals surface area contributed by atoms with Gasteiger partial charge in [0.1, 0.15) is 11.9 Å². The first kappa shape index (κ1) is 13.7. The Balaban J connectivity index is 2.04. The van der Waals surface area contributed by atoms with Gasteiger partial charge >= 0.3 is 5.97 Å². The highest BCUT2D eigenvalue weighted by atomic mass is 16.5. The fourth-order valence-electron chi connectivity index (χ4n) is 2.22. The minimum atomic E-state index is -0.284. The Morgan fingerprint density at radius 3 is 2.79 bits per heavy atom. The number of rotatable bonds is 5. The van der Waals surface area contributed by atoms with Crippen LogP contribution in [0.15, 0.2) is 18.2 Å². The Bertz CT molecular complexity index is 439. The summed E-state index contributed by atoms with van der Waals surface area (Å²) in [6.45, 7) is 2.61. The molecule has 0 heterocycles. The minimum absolute atomic E-state index is 0.0741. The molecule has 4 nitrogen and oxygen atoms in total. The maximum absolute atomic E-state index is 12.0. The fourth-order valence-corrected chi connectivity index (χ4v) is 2.22. The van der Waals surface area contributed by atoms with E-state index in [9.17, 15) is 4.79 Å². The monoisotopic (exact) mass is 263 g/mol. The third-order valence-corrected chi connectivity index (χ3v) is 3.29. The molecule has 0 saturated heterocycles. The summed E-state index contributed by atoms with van der Waals surface area (Å²) < 4.78 is 11.0. The summed E-state index contributed by atoms with van der Waals surface area (Å²) in [4.78, 5) is 12.0. The SMILES string of the molecule is CCCOc1cc(C(=O)OC2CCCC2)ccc1N. The van der Waals surface area contributed by atoms with Gasteiger partial charge in [0, 0.05) is 0 Å². The average Bonchev–Trinajstić information content (AvgIpc) is 2.90. The van der Waals surface area contributed by atoms with E-state index in [-0.39, 0.29) is 12.1 Å². The van der Waals surface area contributed by atoms with E-state index in [4.69, 9.17) is 15.2 Å². The Morgan fingerprint density at radius 2 is 2.11 bits per heavy atom. The molecule has 104 valence electrons. The summed E-state index contributed by atoms with van der Waals surface area (Å²) in [5, 5.41) is 0. The first-order chi connectivity index (χ1) is 9.20. The molecule has 2 rings (SSSR count). The summed E-state index contributed by atoms with van der Waals surface area (Å²) >= 11 is 0. The lowest BCUT2D eigenvalue weighted by Crippen LogP contribution is -2.15. The van der Waals surface area contributed by atoms with E-state index in [1.54, 1.807) is 18.2 Å². The lowest BCUT2D eigenvalue weighted by Gasteiger charge is -2.13. The zero-order chi connectivity index (χ0) is 13.7. The molecule has 1 aliphatic rings. The third-order valence-electron chi connectivity index (χ3n) is 3.29. The maximum Gasteiger partial charge on any atom is 0.338 e. The van der Waals surface area contributed by atoms with Gasteiger partial charge in [0.15, 0.2) is 0 Å². The number of carbonyl (C=O) groups excluding carboxylic acids is 1. The largest absolute Gasteiger partial charge is 0.491 e. The smallest absolute Gasteiger partial charge is 0.338 e. The molecule has 1 fully saturated rings. The molecule has 0 aromatic heterocycles. The Labute approximate surface area is 113 Å². The zero-order valence-corrected chi connectivity index (χ0v) is 11.4. The molecule has 1 saturated carbocycles. The van der Waals surface area contributed by atoms with E-state index in [0.717, 1.165) is 32.1 Å². The molecule has 2 N–H and O–H groups in total. The number of nitrogen functional groups attached to an aromatic ring is 1. The van der Waals surface area contributed by atoms with Gasteiger partial charge in [-0.2, -0.15) is 0 Å². The lowest BCUT2D eigenvalue weighted by atomic mass is 10.2. The van der Waals surface area contributed by atoms with Crippen LogP contribution in [0.3, 0.4) is 0 Å². The summed E-state index contributed by atoms with van der Waals surface area (Å²) in [5.41, 5.74) is 6.87. The number of benzene rings is 1. The van der Waals surface area contributed by atoms with E-state index in [2.05, 4.69) is 0 Å². The Hall–Kier alpha value is -1.71. The van der Waals surface area contributed by atoms with Gasteiger partial charge in [-0.25, -0.2) is 4.79 Å². The van der Waals surface area contributed by atoms with Crippen molar-refractivity contribution >= 4 is 11.7 Å². The van der Waals surface area contributed by atoms with Crippen LogP contribution in [-0.2, 0) is 4.74 Å². The highest BCUT2D eigenvalue weighted by molar-refractivity contribution is 5.90. The molecule has 0 radical (unpaired) electrons. The van der Waals surface area contributed by atoms with Gasteiger partial charge in [0.05, 0.1) is 17.9 Å². The molecule has 19 heavy (non-hydrogen) atoms. The van der Waals surface area contributed by atoms with Gasteiger partial charge in [-0.1, -0.05) is 6.92 Å². The Morgan fingerprint density at radius 1 is 1.37 bits per heavy atom. The summed E-state index contributed by atoms with van der Waals surface area (Å²) in [7, 11) is 0. The molecule has 1 aromatic carbocycles. The number of ether oxygens (including phenoxy) is 2. The van der Waals surface area contributed by atoms with Crippen LogP contribution in [0, 0.1) is 0 Å². The highest BCUT2D eigenvalue weighted by Gasteiger charge is 2.20. The molecule has 0 bridgehead atoms. The van der Waals surface area contributed by atoms with Gasteiger partial charge < -0.3 is 15.2 Å². The first-order valence-corrected chi connectivity index (χ1v) is 6.94. The lowest BCUT2D eigenvalue weighted by molar-refractivity contribution is 0.0317. The van der Waals surface area contributed by atoms with Crippen molar-refractivity contribution in [3.8, 4) is 5.75 Å². The van der Waals surface area contributed by atoms with Crippen molar-refractivity contribution in [2.24, 2.45) is 0 Å². The molecule has 1 aromatic rings. The third kappa shape index (κ3) is 3.63. The number of hydrogen-bond donors (Lipinski definition) is 1. The fraction of sp³-hybridized carbons (Fsp3) is 0.533. The molecule has 1 aliphatic carbocycles. The number of hydrogen-bond acceptors (Lipinski definition) is 4.